The summed E-state index contributed by atoms with van der Waals surface area (Å²) in [6.45, 7) is 8.42. The van der Waals surface area contributed by atoms with Crippen molar-refractivity contribution in [2.45, 2.75) is 33.1 Å². The highest BCUT2D eigenvalue weighted by atomic mass is 16.2. The Morgan fingerprint density at radius 2 is 1.91 bits per heavy atom. The van der Waals surface area contributed by atoms with E-state index in [0.29, 0.717) is 18.4 Å². The van der Waals surface area contributed by atoms with Gasteiger partial charge >= 0.3 is 0 Å². The third-order valence-corrected chi connectivity index (χ3v) is 2.14. The van der Waals surface area contributed by atoms with Crippen LogP contribution < -0.4 is 0 Å². The first-order valence-electron chi connectivity index (χ1n) is 4.44. The molecule has 0 aromatic heterocycles. The second-order valence-corrected chi connectivity index (χ2v) is 3.41. The minimum Gasteiger partial charge on any atom is -0.396 e. The molecule has 66 valence electrons. The summed E-state index contributed by atoms with van der Waals surface area (Å²) >= 11 is 0. The van der Waals surface area contributed by atoms with Gasteiger partial charge in [-0.05, 0) is 24.7 Å². The fourth-order valence-corrected chi connectivity index (χ4v) is 1.03. The van der Waals surface area contributed by atoms with Crippen molar-refractivity contribution in [2.24, 2.45) is 11.8 Å². The summed E-state index contributed by atoms with van der Waals surface area (Å²) in [6.07, 6.45) is 5.33. The zero-order valence-corrected chi connectivity index (χ0v) is 7.71. The number of hydrogen-bond donors (Lipinski definition) is 1. The van der Waals surface area contributed by atoms with E-state index in [9.17, 15) is 0 Å². The fraction of sp³-hybridized carbons (Fsp3) is 0.800. The number of hydrogen-bond acceptors (Lipinski definition) is 1. The minimum atomic E-state index is 0.323. The zero-order chi connectivity index (χ0) is 8.69. The Morgan fingerprint density at radius 3 is 2.36 bits per heavy atom. The molecule has 11 heavy (non-hydrogen) atoms. The summed E-state index contributed by atoms with van der Waals surface area (Å²) in [6, 6.07) is 0. The van der Waals surface area contributed by atoms with E-state index in [2.05, 4.69) is 20.4 Å². The van der Waals surface area contributed by atoms with E-state index in [-0.39, 0.29) is 0 Å². The molecule has 0 amide bonds. The molecule has 1 N–H and O–H groups in total. The van der Waals surface area contributed by atoms with Crippen LogP contribution in [0.5, 0.6) is 0 Å². The summed E-state index contributed by atoms with van der Waals surface area (Å²) in [5.74, 6) is 1.28. The lowest BCUT2D eigenvalue weighted by molar-refractivity contribution is 0.255. The predicted octanol–water partition coefficient (Wildman–Crippen LogP) is 2.61. The van der Waals surface area contributed by atoms with Crippen LogP contribution in [0.15, 0.2) is 12.7 Å². The molecule has 0 bridgehead atoms. The molecule has 0 aliphatic rings. The molecule has 0 spiro atoms. The van der Waals surface area contributed by atoms with Gasteiger partial charge in [-0.1, -0.05) is 26.3 Å². The molecule has 0 aromatic rings. The average Bonchev–Trinajstić information content (AvgIpc) is 2.01. The van der Waals surface area contributed by atoms with Gasteiger partial charge in [-0.2, -0.15) is 0 Å². The van der Waals surface area contributed by atoms with E-state index in [1.54, 1.807) is 0 Å². The van der Waals surface area contributed by atoms with Crippen LogP contribution in [-0.2, 0) is 0 Å². The largest absolute Gasteiger partial charge is 0.396 e. The van der Waals surface area contributed by atoms with Crippen molar-refractivity contribution >= 4 is 0 Å². The Bertz CT molecular complexity index is 99.0. The number of aliphatic hydroxyl groups is 1. The van der Waals surface area contributed by atoms with Gasteiger partial charge in [0.1, 0.15) is 0 Å². The summed E-state index contributed by atoms with van der Waals surface area (Å²) in [5, 5.41) is 8.64. The zero-order valence-electron chi connectivity index (χ0n) is 7.71. The van der Waals surface area contributed by atoms with E-state index in [4.69, 9.17) is 5.11 Å². The summed E-state index contributed by atoms with van der Waals surface area (Å²) in [5.41, 5.74) is 0. The van der Waals surface area contributed by atoms with Crippen LogP contribution in [0.2, 0.25) is 0 Å². The topological polar surface area (TPSA) is 20.2 Å². The SMILES string of the molecule is C=CC(C)CCC(C)CCO. The maximum Gasteiger partial charge on any atom is 0.0433 e. The van der Waals surface area contributed by atoms with Crippen LogP contribution >= 0.6 is 0 Å². The van der Waals surface area contributed by atoms with Gasteiger partial charge in [0.15, 0.2) is 0 Å². The number of allylic oxidation sites excluding steroid dienone is 1. The third kappa shape index (κ3) is 6.11. The van der Waals surface area contributed by atoms with Gasteiger partial charge in [0.2, 0.25) is 0 Å². The molecule has 1 heteroatoms. The maximum absolute atomic E-state index is 8.64. The number of aliphatic hydroxyl groups excluding tert-OH is 1. The van der Waals surface area contributed by atoms with Crippen LogP contribution in [0.25, 0.3) is 0 Å². The lowest BCUT2D eigenvalue weighted by atomic mass is 9.96. The third-order valence-electron chi connectivity index (χ3n) is 2.14. The van der Waals surface area contributed by atoms with Crippen molar-refractivity contribution in [1.82, 2.24) is 0 Å². The molecular weight excluding hydrogens is 136 g/mol. The van der Waals surface area contributed by atoms with Crippen LogP contribution in [0.1, 0.15) is 33.1 Å². The van der Waals surface area contributed by atoms with Crippen LogP contribution in [0.4, 0.5) is 0 Å². The Kier molecular flexibility index (Phi) is 6.24. The Hall–Kier alpha value is -0.300. The van der Waals surface area contributed by atoms with E-state index in [1.807, 2.05) is 6.08 Å². The van der Waals surface area contributed by atoms with Crippen LogP contribution in [0.3, 0.4) is 0 Å². The van der Waals surface area contributed by atoms with Gasteiger partial charge in [-0.3, -0.25) is 0 Å². The molecule has 0 saturated heterocycles. The van der Waals surface area contributed by atoms with Gasteiger partial charge < -0.3 is 5.11 Å². The van der Waals surface area contributed by atoms with E-state index < -0.39 is 0 Å². The fourth-order valence-electron chi connectivity index (χ4n) is 1.03. The molecule has 0 fully saturated rings. The van der Waals surface area contributed by atoms with Crippen molar-refractivity contribution in [3.05, 3.63) is 12.7 Å². The van der Waals surface area contributed by atoms with Gasteiger partial charge in [0, 0.05) is 6.61 Å². The van der Waals surface area contributed by atoms with Gasteiger partial charge in [-0.15, -0.1) is 6.58 Å². The van der Waals surface area contributed by atoms with Gasteiger partial charge in [0.25, 0.3) is 0 Å². The summed E-state index contributed by atoms with van der Waals surface area (Å²) in [4.78, 5) is 0. The van der Waals surface area contributed by atoms with Crippen molar-refractivity contribution in [3.8, 4) is 0 Å². The molecule has 0 heterocycles. The molecule has 0 rings (SSSR count). The highest BCUT2D eigenvalue weighted by molar-refractivity contribution is 4.75. The van der Waals surface area contributed by atoms with Gasteiger partial charge in [0.05, 0.1) is 0 Å². The van der Waals surface area contributed by atoms with E-state index in [1.165, 1.54) is 12.8 Å². The molecule has 0 aliphatic heterocycles. The first-order valence-corrected chi connectivity index (χ1v) is 4.44. The standard InChI is InChI=1S/C10H20O/c1-4-9(2)5-6-10(3)7-8-11/h4,9-11H,1,5-8H2,2-3H3. The lowest BCUT2D eigenvalue weighted by Crippen LogP contribution is -2.00. The predicted molar refractivity (Wildman–Crippen MR) is 49.5 cm³/mol. The number of rotatable bonds is 6. The van der Waals surface area contributed by atoms with Crippen LogP contribution in [-0.4, -0.2) is 11.7 Å². The molecular formula is C10H20O. The second-order valence-electron chi connectivity index (χ2n) is 3.41. The molecule has 2 unspecified atom stereocenters. The normalized spacial score (nSPS) is 15.9. The highest BCUT2D eigenvalue weighted by Gasteiger charge is 2.02. The Labute approximate surface area is 70.1 Å². The molecule has 0 radical (unpaired) electrons. The summed E-state index contributed by atoms with van der Waals surface area (Å²) < 4.78 is 0. The molecule has 2 atom stereocenters. The lowest BCUT2D eigenvalue weighted by Gasteiger charge is -2.11. The monoisotopic (exact) mass is 156 g/mol. The molecule has 0 saturated carbocycles. The minimum absolute atomic E-state index is 0.323. The van der Waals surface area contributed by atoms with Crippen molar-refractivity contribution in [2.75, 3.05) is 6.61 Å². The average molecular weight is 156 g/mol. The first kappa shape index (κ1) is 10.7. The Morgan fingerprint density at radius 1 is 1.27 bits per heavy atom. The van der Waals surface area contributed by atoms with E-state index in [0.717, 1.165) is 6.42 Å². The molecule has 0 aromatic carbocycles. The van der Waals surface area contributed by atoms with Gasteiger partial charge in [-0.25, -0.2) is 0 Å². The van der Waals surface area contributed by atoms with E-state index >= 15 is 0 Å². The van der Waals surface area contributed by atoms with Crippen molar-refractivity contribution in [1.29, 1.82) is 0 Å². The highest BCUT2D eigenvalue weighted by Crippen LogP contribution is 2.14. The van der Waals surface area contributed by atoms with Crippen molar-refractivity contribution < 1.29 is 5.11 Å². The quantitative estimate of drug-likeness (QED) is 0.586. The van der Waals surface area contributed by atoms with Crippen molar-refractivity contribution in [3.63, 3.8) is 0 Å². The smallest absolute Gasteiger partial charge is 0.0433 e. The molecule has 1 nitrogen and oxygen atoms in total. The Balaban J connectivity index is 3.29. The van der Waals surface area contributed by atoms with Crippen LogP contribution in [0, 0.1) is 11.8 Å². The first-order chi connectivity index (χ1) is 5.20. The second kappa shape index (κ2) is 6.41. The molecule has 0 aliphatic carbocycles. The summed E-state index contributed by atoms with van der Waals surface area (Å²) in [7, 11) is 0. The maximum atomic E-state index is 8.64.